The van der Waals surface area contributed by atoms with E-state index in [1.54, 1.807) is 30.0 Å². The molecule has 0 aliphatic carbocycles. The number of hydrogen-bond donors (Lipinski definition) is 1. The molecule has 2 aromatic carbocycles. The molecule has 2 aromatic rings. The molecule has 0 bridgehead atoms. The summed E-state index contributed by atoms with van der Waals surface area (Å²) in [7, 11) is 0. The van der Waals surface area contributed by atoms with Crippen molar-refractivity contribution >= 4 is 35.0 Å². The summed E-state index contributed by atoms with van der Waals surface area (Å²) >= 11 is 13.7. The molecule has 2 rings (SSSR count). The van der Waals surface area contributed by atoms with Gasteiger partial charge in [0.2, 0.25) is 0 Å². The number of benzene rings is 2. The Kier molecular flexibility index (Phi) is 5.17. The van der Waals surface area contributed by atoms with Crippen molar-refractivity contribution in [3.05, 3.63) is 63.6 Å². The van der Waals surface area contributed by atoms with E-state index in [0.29, 0.717) is 16.5 Å². The van der Waals surface area contributed by atoms with Gasteiger partial charge >= 0.3 is 0 Å². The second-order valence-electron chi connectivity index (χ2n) is 4.23. The Morgan fingerprint density at radius 1 is 1.11 bits per heavy atom. The van der Waals surface area contributed by atoms with E-state index in [1.165, 1.54) is 4.90 Å². The number of aliphatic hydroxyl groups is 1. The van der Waals surface area contributed by atoms with E-state index in [0.717, 1.165) is 11.1 Å². The minimum Gasteiger partial charge on any atom is -0.388 e. The average Bonchev–Trinajstić information content (AvgIpc) is 2.43. The number of rotatable bonds is 4. The summed E-state index contributed by atoms with van der Waals surface area (Å²) in [5.74, 6) is 0. The zero-order valence-corrected chi connectivity index (χ0v) is 12.8. The molecule has 0 saturated heterocycles. The Morgan fingerprint density at radius 3 is 2.42 bits per heavy atom. The van der Waals surface area contributed by atoms with Gasteiger partial charge in [0.25, 0.3) is 0 Å². The normalized spacial score (nSPS) is 12.4. The van der Waals surface area contributed by atoms with Crippen molar-refractivity contribution in [3.8, 4) is 0 Å². The van der Waals surface area contributed by atoms with Crippen LogP contribution in [-0.2, 0) is 6.42 Å². The molecule has 1 atom stereocenters. The van der Waals surface area contributed by atoms with Gasteiger partial charge in [-0.25, -0.2) is 0 Å². The summed E-state index contributed by atoms with van der Waals surface area (Å²) in [6, 6.07) is 13.2. The predicted molar refractivity (Wildman–Crippen MR) is 83.3 cm³/mol. The Morgan fingerprint density at radius 2 is 1.79 bits per heavy atom. The molecule has 0 fully saturated rings. The summed E-state index contributed by atoms with van der Waals surface area (Å²) < 4.78 is 0. The molecule has 0 aliphatic rings. The van der Waals surface area contributed by atoms with Crippen molar-refractivity contribution in [1.29, 1.82) is 0 Å². The minimum atomic E-state index is -0.577. The first-order valence-electron chi connectivity index (χ1n) is 5.86. The molecule has 0 aliphatic heterocycles. The molecule has 0 radical (unpaired) electrons. The lowest BCUT2D eigenvalue weighted by atomic mass is 10.0. The van der Waals surface area contributed by atoms with Crippen molar-refractivity contribution in [2.75, 3.05) is 6.26 Å². The van der Waals surface area contributed by atoms with E-state index in [1.807, 2.05) is 30.5 Å². The van der Waals surface area contributed by atoms with Crippen LogP contribution in [0, 0.1) is 0 Å². The topological polar surface area (TPSA) is 20.2 Å². The summed E-state index contributed by atoms with van der Waals surface area (Å²) in [6.07, 6.45) is 1.90. The lowest BCUT2D eigenvalue weighted by molar-refractivity contribution is 0.178. The Labute approximate surface area is 127 Å². The van der Waals surface area contributed by atoms with Gasteiger partial charge < -0.3 is 5.11 Å². The third kappa shape index (κ3) is 3.90. The smallest absolute Gasteiger partial charge is 0.0830 e. The molecule has 1 unspecified atom stereocenters. The molecule has 19 heavy (non-hydrogen) atoms. The van der Waals surface area contributed by atoms with E-state index >= 15 is 0 Å². The third-order valence-corrected chi connectivity index (χ3v) is 4.27. The fraction of sp³-hybridized carbons (Fsp3) is 0.200. The van der Waals surface area contributed by atoms with Gasteiger partial charge in [-0.3, -0.25) is 0 Å². The SMILES string of the molecule is CSc1ccc(C(O)Cc2cc(Cl)ccc2Cl)cc1. The van der Waals surface area contributed by atoms with E-state index < -0.39 is 6.10 Å². The van der Waals surface area contributed by atoms with Crippen molar-refractivity contribution < 1.29 is 5.11 Å². The molecule has 0 aromatic heterocycles. The van der Waals surface area contributed by atoms with Crippen LogP contribution in [0.2, 0.25) is 10.0 Å². The highest BCUT2D eigenvalue weighted by molar-refractivity contribution is 7.98. The number of aliphatic hydroxyl groups excluding tert-OH is 1. The Hall–Kier alpha value is -0.670. The van der Waals surface area contributed by atoms with Gasteiger partial charge in [-0.05, 0) is 47.7 Å². The second kappa shape index (κ2) is 6.67. The van der Waals surface area contributed by atoms with Crippen LogP contribution in [0.15, 0.2) is 47.4 Å². The van der Waals surface area contributed by atoms with Gasteiger partial charge in [0, 0.05) is 21.4 Å². The van der Waals surface area contributed by atoms with Gasteiger partial charge in [-0.1, -0.05) is 35.3 Å². The maximum absolute atomic E-state index is 10.2. The van der Waals surface area contributed by atoms with Crippen LogP contribution < -0.4 is 0 Å². The Balaban J connectivity index is 2.15. The van der Waals surface area contributed by atoms with Gasteiger partial charge in [-0.2, -0.15) is 0 Å². The van der Waals surface area contributed by atoms with Crippen molar-refractivity contribution in [1.82, 2.24) is 0 Å². The standard InChI is InChI=1S/C15H14Cl2OS/c1-19-13-5-2-10(3-6-13)15(18)9-11-8-12(16)4-7-14(11)17/h2-8,15,18H,9H2,1H3. The number of thioether (sulfide) groups is 1. The quantitative estimate of drug-likeness (QED) is 0.802. The molecule has 0 spiro atoms. The maximum atomic E-state index is 10.2. The first kappa shape index (κ1) is 14.7. The van der Waals surface area contributed by atoms with Crippen LogP contribution in [0.5, 0.6) is 0 Å². The van der Waals surface area contributed by atoms with Crippen LogP contribution in [0.1, 0.15) is 17.2 Å². The summed E-state index contributed by atoms with van der Waals surface area (Å²) in [5, 5.41) is 11.5. The molecule has 0 heterocycles. The number of hydrogen-bond acceptors (Lipinski definition) is 2. The van der Waals surface area contributed by atoms with E-state index in [-0.39, 0.29) is 0 Å². The number of halogens is 2. The van der Waals surface area contributed by atoms with Crippen molar-refractivity contribution in [2.24, 2.45) is 0 Å². The van der Waals surface area contributed by atoms with E-state index in [9.17, 15) is 5.11 Å². The Bertz CT molecular complexity index is 555. The fourth-order valence-electron chi connectivity index (χ4n) is 1.85. The summed E-state index contributed by atoms with van der Waals surface area (Å²) in [4.78, 5) is 1.18. The van der Waals surface area contributed by atoms with Gasteiger partial charge in [-0.15, -0.1) is 11.8 Å². The van der Waals surface area contributed by atoms with Gasteiger partial charge in [0.1, 0.15) is 0 Å². The molecular formula is C15H14Cl2OS. The van der Waals surface area contributed by atoms with Crippen LogP contribution in [0.3, 0.4) is 0 Å². The summed E-state index contributed by atoms with van der Waals surface area (Å²) in [6.45, 7) is 0. The van der Waals surface area contributed by atoms with Crippen molar-refractivity contribution in [3.63, 3.8) is 0 Å². The lowest BCUT2D eigenvalue weighted by Crippen LogP contribution is -2.02. The van der Waals surface area contributed by atoms with E-state index in [2.05, 4.69) is 0 Å². The monoisotopic (exact) mass is 312 g/mol. The van der Waals surface area contributed by atoms with Crippen LogP contribution in [-0.4, -0.2) is 11.4 Å². The second-order valence-corrected chi connectivity index (χ2v) is 5.95. The minimum absolute atomic E-state index is 0.456. The van der Waals surface area contributed by atoms with Gasteiger partial charge in [0.05, 0.1) is 6.10 Å². The largest absolute Gasteiger partial charge is 0.388 e. The zero-order valence-electron chi connectivity index (χ0n) is 10.4. The highest BCUT2D eigenvalue weighted by Crippen LogP contribution is 2.27. The van der Waals surface area contributed by atoms with Crippen LogP contribution >= 0.6 is 35.0 Å². The maximum Gasteiger partial charge on any atom is 0.0830 e. The highest BCUT2D eigenvalue weighted by Gasteiger charge is 2.11. The highest BCUT2D eigenvalue weighted by atomic mass is 35.5. The first-order valence-corrected chi connectivity index (χ1v) is 7.84. The molecule has 1 nitrogen and oxygen atoms in total. The average molecular weight is 313 g/mol. The van der Waals surface area contributed by atoms with Crippen molar-refractivity contribution in [2.45, 2.75) is 17.4 Å². The summed E-state index contributed by atoms with van der Waals surface area (Å²) in [5.41, 5.74) is 1.74. The fourth-order valence-corrected chi connectivity index (χ4v) is 2.65. The molecular weight excluding hydrogens is 299 g/mol. The predicted octanol–water partition coefficient (Wildman–Crippen LogP) is 4.99. The molecule has 0 saturated carbocycles. The van der Waals surface area contributed by atoms with Gasteiger partial charge in [0.15, 0.2) is 0 Å². The first-order chi connectivity index (χ1) is 9.10. The van der Waals surface area contributed by atoms with Crippen LogP contribution in [0.25, 0.3) is 0 Å². The third-order valence-electron chi connectivity index (χ3n) is 2.92. The lowest BCUT2D eigenvalue weighted by Gasteiger charge is -2.13. The van der Waals surface area contributed by atoms with Crippen LogP contribution in [0.4, 0.5) is 0 Å². The molecule has 4 heteroatoms. The molecule has 1 N–H and O–H groups in total. The zero-order chi connectivity index (χ0) is 13.8. The molecule has 0 amide bonds. The molecule has 100 valence electrons. The van der Waals surface area contributed by atoms with E-state index in [4.69, 9.17) is 23.2 Å².